The van der Waals surface area contributed by atoms with Crippen molar-refractivity contribution in [1.82, 2.24) is 9.88 Å². The maximum atomic E-state index is 12.4. The van der Waals surface area contributed by atoms with Crippen LogP contribution in [0.1, 0.15) is 30.6 Å². The molecule has 0 fully saturated rings. The standard InChI is InChI=1S/C13H19BrN2O2/c1-4-10(2)16(7-8-18-3)13(17)11-5-6-12(14)15-9-11/h5-6,9-10H,4,7-8H2,1-3H3. The van der Waals surface area contributed by atoms with Crippen molar-refractivity contribution in [2.75, 3.05) is 20.3 Å². The number of hydrogen-bond acceptors (Lipinski definition) is 3. The number of nitrogens with zero attached hydrogens (tertiary/aromatic N) is 2. The Bertz CT molecular complexity index is 381. The smallest absolute Gasteiger partial charge is 0.255 e. The first-order chi connectivity index (χ1) is 8.60. The van der Waals surface area contributed by atoms with E-state index in [1.165, 1.54) is 0 Å². The van der Waals surface area contributed by atoms with Crippen LogP contribution < -0.4 is 0 Å². The van der Waals surface area contributed by atoms with E-state index in [9.17, 15) is 4.79 Å². The lowest BCUT2D eigenvalue weighted by atomic mass is 10.1. The van der Waals surface area contributed by atoms with E-state index in [1.807, 2.05) is 11.8 Å². The molecule has 0 aliphatic rings. The van der Waals surface area contributed by atoms with Crippen LogP contribution in [0.3, 0.4) is 0 Å². The van der Waals surface area contributed by atoms with Gasteiger partial charge in [-0.25, -0.2) is 4.98 Å². The second kappa shape index (κ2) is 7.48. The number of amides is 1. The number of ether oxygens (including phenoxy) is 1. The molecule has 1 amide bonds. The zero-order valence-corrected chi connectivity index (χ0v) is 12.6. The first-order valence-corrected chi connectivity index (χ1v) is 6.80. The van der Waals surface area contributed by atoms with E-state index in [1.54, 1.807) is 25.4 Å². The molecule has 0 aromatic carbocycles. The Hall–Kier alpha value is -0.940. The Kier molecular flexibility index (Phi) is 6.29. The average Bonchev–Trinajstić information content (AvgIpc) is 2.39. The van der Waals surface area contributed by atoms with Crippen molar-refractivity contribution in [3.05, 3.63) is 28.5 Å². The molecule has 100 valence electrons. The van der Waals surface area contributed by atoms with Gasteiger partial charge in [-0.05, 0) is 41.4 Å². The molecule has 0 saturated carbocycles. The summed E-state index contributed by atoms with van der Waals surface area (Å²) in [6, 6.07) is 3.75. The van der Waals surface area contributed by atoms with Crippen LogP contribution in [0, 0.1) is 0 Å². The highest BCUT2D eigenvalue weighted by atomic mass is 79.9. The minimum Gasteiger partial charge on any atom is -0.383 e. The van der Waals surface area contributed by atoms with E-state index in [0.717, 1.165) is 11.0 Å². The lowest BCUT2D eigenvalue weighted by Gasteiger charge is -2.28. The molecule has 1 rings (SSSR count). The molecule has 1 aromatic rings. The molecule has 18 heavy (non-hydrogen) atoms. The summed E-state index contributed by atoms with van der Waals surface area (Å²) >= 11 is 3.26. The molecular weight excluding hydrogens is 296 g/mol. The number of methoxy groups -OCH3 is 1. The van der Waals surface area contributed by atoms with Crippen LogP contribution in [-0.2, 0) is 4.74 Å². The molecule has 1 aromatic heterocycles. The molecule has 0 saturated heterocycles. The number of rotatable bonds is 6. The Labute approximate surface area is 116 Å². The molecule has 0 bridgehead atoms. The number of carbonyl (C=O) groups is 1. The molecule has 5 heteroatoms. The number of hydrogen-bond donors (Lipinski definition) is 0. The molecule has 0 aliphatic carbocycles. The summed E-state index contributed by atoms with van der Waals surface area (Å²) in [4.78, 5) is 18.3. The fraction of sp³-hybridized carbons (Fsp3) is 0.538. The van der Waals surface area contributed by atoms with Crippen molar-refractivity contribution in [3.63, 3.8) is 0 Å². The largest absolute Gasteiger partial charge is 0.383 e. The van der Waals surface area contributed by atoms with Gasteiger partial charge in [0.25, 0.3) is 5.91 Å². The van der Waals surface area contributed by atoms with E-state index in [-0.39, 0.29) is 11.9 Å². The van der Waals surface area contributed by atoms with Gasteiger partial charge in [-0.15, -0.1) is 0 Å². The van der Waals surface area contributed by atoms with Gasteiger partial charge in [0.05, 0.1) is 12.2 Å². The average molecular weight is 315 g/mol. The van der Waals surface area contributed by atoms with Crippen molar-refractivity contribution in [2.24, 2.45) is 0 Å². The second-order valence-electron chi connectivity index (χ2n) is 4.12. The first kappa shape index (κ1) is 15.1. The van der Waals surface area contributed by atoms with Gasteiger partial charge in [0.1, 0.15) is 4.60 Å². The predicted molar refractivity (Wildman–Crippen MR) is 74.6 cm³/mol. The van der Waals surface area contributed by atoms with Crippen molar-refractivity contribution in [1.29, 1.82) is 0 Å². The van der Waals surface area contributed by atoms with E-state index in [2.05, 4.69) is 27.8 Å². The second-order valence-corrected chi connectivity index (χ2v) is 4.93. The highest BCUT2D eigenvalue weighted by Crippen LogP contribution is 2.12. The van der Waals surface area contributed by atoms with E-state index < -0.39 is 0 Å². The summed E-state index contributed by atoms with van der Waals surface area (Å²) in [5.74, 6) is 0.00130. The summed E-state index contributed by atoms with van der Waals surface area (Å²) in [6.07, 6.45) is 2.51. The van der Waals surface area contributed by atoms with Crippen LogP contribution >= 0.6 is 15.9 Å². The molecule has 0 radical (unpaired) electrons. The Morgan fingerprint density at radius 2 is 2.28 bits per heavy atom. The summed E-state index contributed by atoms with van der Waals surface area (Å²) < 4.78 is 5.78. The summed E-state index contributed by atoms with van der Waals surface area (Å²) in [5, 5.41) is 0. The minimum atomic E-state index is 0.00130. The predicted octanol–water partition coefficient (Wildman–Crippen LogP) is 2.73. The van der Waals surface area contributed by atoms with Crippen LogP contribution in [0.5, 0.6) is 0 Å². The Morgan fingerprint density at radius 1 is 1.56 bits per heavy atom. The molecular formula is C13H19BrN2O2. The van der Waals surface area contributed by atoms with Gasteiger partial charge in [-0.3, -0.25) is 4.79 Å². The molecule has 1 atom stereocenters. The van der Waals surface area contributed by atoms with Gasteiger partial charge < -0.3 is 9.64 Å². The van der Waals surface area contributed by atoms with Crippen molar-refractivity contribution in [2.45, 2.75) is 26.3 Å². The lowest BCUT2D eigenvalue weighted by Crippen LogP contribution is -2.40. The van der Waals surface area contributed by atoms with E-state index in [4.69, 9.17) is 4.74 Å². The third kappa shape index (κ3) is 4.07. The van der Waals surface area contributed by atoms with Crippen molar-refractivity contribution in [3.8, 4) is 0 Å². The van der Waals surface area contributed by atoms with Crippen LogP contribution in [0.25, 0.3) is 0 Å². The van der Waals surface area contributed by atoms with Crippen molar-refractivity contribution < 1.29 is 9.53 Å². The minimum absolute atomic E-state index is 0.00130. The maximum absolute atomic E-state index is 12.4. The van der Waals surface area contributed by atoms with Crippen molar-refractivity contribution >= 4 is 21.8 Å². The zero-order valence-electron chi connectivity index (χ0n) is 11.0. The van der Waals surface area contributed by atoms with Gasteiger partial charge in [0.15, 0.2) is 0 Å². The fourth-order valence-corrected chi connectivity index (χ4v) is 1.83. The van der Waals surface area contributed by atoms with Crippen LogP contribution in [0.15, 0.2) is 22.9 Å². The molecule has 1 unspecified atom stereocenters. The van der Waals surface area contributed by atoms with Crippen LogP contribution in [0.4, 0.5) is 0 Å². The third-order valence-electron chi connectivity index (χ3n) is 2.89. The molecule has 4 nitrogen and oxygen atoms in total. The fourth-order valence-electron chi connectivity index (χ4n) is 1.60. The van der Waals surface area contributed by atoms with E-state index >= 15 is 0 Å². The monoisotopic (exact) mass is 314 g/mol. The quantitative estimate of drug-likeness (QED) is 0.758. The molecule has 1 heterocycles. The summed E-state index contributed by atoms with van der Waals surface area (Å²) in [6.45, 7) is 5.25. The summed E-state index contributed by atoms with van der Waals surface area (Å²) in [5.41, 5.74) is 0.606. The highest BCUT2D eigenvalue weighted by molar-refractivity contribution is 9.10. The molecule has 0 N–H and O–H groups in total. The topological polar surface area (TPSA) is 42.4 Å². The SMILES string of the molecule is CCC(C)N(CCOC)C(=O)c1ccc(Br)nc1. The van der Waals surface area contributed by atoms with Gasteiger partial charge in [0.2, 0.25) is 0 Å². The number of carbonyl (C=O) groups excluding carboxylic acids is 1. The normalized spacial score (nSPS) is 12.2. The van der Waals surface area contributed by atoms with Crippen LogP contribution in [-0.4, -0.2) is 42.1 Å². The Morgan fingerprint density at radius 3 is 2.78 bits per heavy atom. The zero-order chi connectivity index (χ0) is 13.5. The molecule has 0 aliphatic heterocycles. The van der Waals surface area contributed by atoms with Crippen LogP contribution in [0.2, 0.25) is 0 Å². The highest BCUT2D eigenvalue weighted by Gasteiger charge is 2.20. The lowest BCUT2D eigenvalue weighted by molar-refractivity contribution is 0.0613. The number of pyridine rings is 1. The third-order valence-corrected chi connectivity index (χ3v) is 3.36. The summed E-state index contributed by atoms with van der Waals surface area (Å²) in [7, 11) is 1.64. The maximum Gasteiger partial charge on any atom is 0.255 e. The van der Waals surface area contributed by atoms with E-state index in [0.29, 0.717) is 18.7 Å². The Balaban J connectivity index is 2.83. The van der Waals surface area contributed by atoms with Gasteiger partial charge in [-0.2, -0.15) is 0 Å². The molecule has 0 spiro atoms. The number of halogens is 1. The van der Waals surface area contributed by atoms with Gasteiger partial charge in [-0.1, -0.05) is 6.92 Å². The van der Waals surface area contributed by atoms with Gasteiger partial charge in [0, 0.05) is 25.9 Å². The number of aromatic nitrogens is 1. The van der Waals surface area contributed by atoms with Gasteiger partial charge >= 0.3 is 0 Å². The first-order valence-electron chi connectivity index (χ1n) is 6.01.